The molecule has 2 aromatic carbocycles. The molecule has 0 radical (unpaired) electrons. The number of nitrogens with zero attached hydrogens (tertiary/aromatic N) is 4. The summed E-state index contributed by atoms with van der Waals surface area (Å²) in [6, 6.07) is 14.5. The summed E-state index contributed by atoms with van der Waals surface area (Å²) in [6.07, 6.45) is 3.30. The number of methoxy groups -OCH3 is 2. The van der Waals surface area contributed by atoms with Crippen molar-refractivity contribution in [1.82, 2.24) is 20.0 Å². The highest BCUT2D eigenvalue weighted by atomic mass is 16.5. The van der Waals surface area contributed by atoms with Crippen LogP contribution in [0.5, 0.6) is 0 Å². The van der Waals surface area contributed by atoms with Gasteiger partial charge < -0.3 is 14.8 Å². The van der Waals surface area contributed by atoms with Crippen LogP contribution in [-0.2, 0) is 22.6 Å². The molecule has 0 fully saturated rings. The molecule has 9 nitrogen and oxygen atoms in total. The van der Waals surface area contributed by atoms with Crippen molar-refractivity contribution in [2.24, 2.45) is 0 Å². The minimum Gasteiger partial charge on any atom is -0.464 e. The van der Waals surface area contributed by atoms with Crippen LogP contribution in [0.3, 0.4) is 0 Å². The first kappa shape index (κ1) is 21.1. The van der Waals surface area contributed by atoms with E-state index in [2.05, 4.69) is 20.6 Å². The Morgan fingerprint density at radius 2 is 1.84 bits per heavy atom. The second kappa shape index (κ2) is 9.36. The van der Waals surface area contributed by atoms with Crippen LogP contribution < -0.4 is 5.32 Å². The first-order valence-corrected chi connectivity index (χ1v) is 9.84. The van der Waals surface area contributed by atoms with Crippen molar-refractivity contribution in [1.29, 1.82) is 0 Å². The molecule has 0 spiro atoms. The first-order chi connectivity index (χ1) is 15.6. The number of amides is 1. The summed E-state index contributed by atoms with van der Waals surface area (Å²) in [5.74, 6) is -0.976. The molecule has 0 aliphatic heterocycles. The SMILES string of the molecule is COCc1cn(Cc2ccc(C(=O)Nc3cccnc3C(=O)OC)c3ccccc23)nn1. The van der Waals surface area contributed by atoms with Gasteiger partial charge in [-0.05, 0) is 34.5 Å². The number of benzene rings is 2. The summed E-state index contributed by atoms with van der Waals surface area (Å²) >= 11 is 0. The Morgan fingerprint density at radius 3 is 2.62 bits per heavy atom. The highest BCUT2D eigenvalue weighted by Gasteiger charge is 2.18. The van der Waals surface area contributed by atoms with E-state index >= 15 is 0 Å². The highest BCUT2D eigenvalue weighted by molar-refractivity contribution is 6.14. The van der Waals surface area contributed by atoms with Crippen LogP contribution in [0.1, 0.15) is 32.1 Å². The Hall–Kier alpha value is -4.11. The van der Waals surface area contributed by atoms with E-state index in [1.807, 2.05) is 36.5 Å². The van der Waals surface area contributed by atoms with Crippen molar-refractivity contribution >= 4 is 28.3 Å². The van der Waals surface area contributed by atoms with Gasteiger partial charge in [0.05, 0.1) is 32.1 Å². The van der Waals surface area contributed by atoms with E-state index in [-0.39, 0.29) is 17.3 Å². The standard InChI is InChI=1S/C23H21N5O4/c1-31-14-16-13-28(27-26-16)12-15-9-10-19(18-7-4-3-6-17(15)18)22(29)25-20-8-5-11-24-21(20)23(30)32-2/h3-11,13H,12,14H2,1-2H3,(H,25,29). The minimum atomic E-state index is -0.623. The van der Waals surface area contributed by atoms with Crippen molar-refractivity contribution in [3.63, 3.8) is 0 Å². The van der Waals surface area contributed by atoms with E-state index in [1.54, 1.807) is 30.0 Å². The van der Waals surface area contributed by atoms with Gasteiger partial charge in [-0.2, -0.15) is 0 Å². The molecule has 1 amide bonds. The molecule has 0 saturated carbocycles. The van der Waals surface area contributed by atoms with Gasteiger partial charge in [0, 0.05) is 18.9 Å². The molecule has 2 heterocycles. The molecule has 1 N–H and O–H groups in total. The second-order valence-electron chi connectivity index (χ2n) is 7.00. The van der Waals surface area contributed by atoms with Gasteiger partial charge in [-0.25, -0.2) is 14.5 Å². The molecule has 0 unspecified atom stereocenters. The summed E-state index contributed by atoms with van der Waals surface area (Å²) in [5, 5.41) is 12.7. The maximum Gasteiger partial charge on any atom is 0.358 e. The molecule has 32 heavy (non-hydrogen) atoms. The predicted octanol–water partition coefficient (Wildman–Crippen LogP) is 3.06. The summed E-state index contributed by atoms with van der Waals surface area (Å²) in [5.41, 5.74) is 2.53. The van der Waals surface area contributed by atoms with E-state index in [0.717, 1.165) is 22.0 Å². The molecular formula is C23H21N5O4. The van der Waals surface area contributed by atoms with Crippen molar-refractivity contribution in [2.45, 2.75) is 13.2 Å². The lowest BCUT2D eigenvalue weighted by Gasteiger charge is -2.13. The molecule has 4 aromatic rings. The summed E-state index contributed by atoms with van der Waals surface area (Å²) in [6.45, 7) is 0.885. The third kappa shape index (κ3) is 4.33. The predicted molar refractivity (Wildman–Crippen MR) is 117 cm³/mol. The van der Waals surface area contributed by atoms with Gasteiger partial charge in [-0.1, -0.05) is 35.5 Å². The number of fused-ring (bicyclic) bond motifs is 1. The number of ether oxygens (including phenoxy) is 2. The van der Waals surface area contributed by atoms with Crippen LogP contribution in [0.2, 0.25) is 0 Å². The molecule has 2 aromatic heterocycles. The molecule has 0 aliphatic carbocycles. The smallest absolute Gasteiger partial charge is 0.358 e. The zero-order valence-corrected chi connectivity index (χ0v) is 17.6. The maximum absolute atomic E-state index is 13.1. The monoisotopic (exact) mass is 431 g/mol. The fraction of sp³-hybridized carbons (Fsp3) is 0.174. The quantitative estimate of drug-likeness (QED) is 0.448. The van der Waals surface area contributed by atoms with Crippen LogP contribution in [0.4, 0.5) is 5.69 Å². The second-order valence-corrected chi connectivity index (χ2v) is 7.00. The zero-order chi connectivity index (χ0) is 22.5. The van der Waals surface area contributed by atoms with E-state index < -0.39 is 5.97 Å². The Morgan fingerprint density at radius 1 is 1.03 bits per heavy atom. The number of rotatable bonds is 7. The number of pyridine rings is 1. The third-order valence-corrected chi connectivity index (χ3v) is 4.90. The molecule has 0 saturated heterocycles. The normalized spacial score (nSPS) is 10.8. The first-order valence-electron chi connectivity index (χ1n) is 9.84. The number of carbonyl (C=O) groups is 2. The van der Waals surface area contributed by atoms with E-state index in [4.69, 9.17) is 9.47 Å². The van der Waals surface area contributed by atoms with Crippen LogP contribution >= 0.6 is 0 Å². The summed E-state index contributed by atoms with van der Waals surface area (Å²) in [7, 11) is 2.87. The van der Waals surface area contributed by atoms with Crippen molar-refractivity contribution < 1.29 is 19.1 Å². The lowest BCUT2D eigenvalue weighted by atomic mass is 9.99. The molecule has 4 rings (SSSR count). The Labute approximate surface area is 184 Å². The lowest BCUT2D eigenvalue weighted by molar-refractivity contribution is 0.0595. The number of anilines is 1. The Kier molecular flexibility index (Phi) is 6.18. The Balaban J connectivity index is 1.65. The largest absolute Gasteiger partial charge is 0.464 e. The van der Waals surface area contributed by atoms with Gasteiger partial charge in [0.25, 0.3) is 5.91 Å². The molecule has 0 atom stereocenters. The van der Waals surface area contributed by atoms with E-state index in [1.165, 1.54) is 13.3 Å². The number of esters is 1. The van der Waals surface area contributed by atoms with Crippen LogP contribution in [-0.4, -0.2) is 46.1 Å². The van der Waals surface area contributed by atoms with Gasteiger partial charge in [0.1, 0.15) is 5.69 Å². The zero-order valence-electron chi connectivity index (χ0n) is 17.6. The van der Waals surface area contributed by atoms with Gasteiger partial charge in [-0.15, -0.1) is 5.10 Å². The van der Waals surface area contributed by atoms with E-state index in [0.29, 0.717) is 18.7 Å². The maximum atomic E-state index is 13.1. The molecule has 0 aliphatic rings. The molecule has 0 bridgehead atoms. The number of hydrogen-bond acceptors (Lipinski definition) is 7. The fourth-order valence-electron chi connectivity index (χ4n) is 3.46. The highest BCUT2D eigenvalue weighted by Crippen LogP contribution is 2.25. The molecule has 9 heteroatoms. The van der Waals surface area contributed by atoms with Crippen LogP contribution in [0.25, 0.3) is 10.8 Å². The molecular weight excluding hydrogens is 410 g/mol. The van der Waals surface area contributed by atoms with Gasteiger partial charge in [0.15, 0.2) is 5.69 Å². The van der Waals surface area contributed by atoms with Crippen molar-refractivity contribution in [3.8, 4) is 0 Å². The van der Waals surface area contributed by atoms with Crippen molar-refractivity contribution in [2.75, 3.05) is 19.5 Å². The van der Waals surface area contributed by atoms with Crippen LogP contribution in [0.15, 0.2) is 60.9 Å². The minimum absolute atomic E-state index is 0.0438. The average Bonchev–Trinajstić information content (AvgIpc) is 3.26. The lowest BCUT2D eigenvalue weighted by Crippen LogP contribution is -2.17. The Bertz CT molecular complexity index is 1280. The topological polar surface area (TPSA) is 108 Å². The third-order valence-electron chi connectivity index (χ3n) is 4.90. The summed E-state index contributed by atoms with van der Waals surface area (Å²) in [4.78, 5) is 29.1. The fourth-order valence-corrected chi connectivity index (χ4v) is 3.46. The number of aromatic nitrogens is 4. The number of nitrogens with one attached hydrogen (secondary N) is 1. The molecule has 162 valence electrons. The number of carbonyl (C=O) groups excluding carboxylic acids is 2. The van der Waals surface area contributed by atoms with Crippen molar-refractivity contribution in [3.05, 3.63) is 83.4 Å². The van der Waals surface area contributed by atoms with Crippen LogP contribution in [0, 0.1) is 0 Å². The number of hydrogen-bond donors (Lipinski definition) is 1. The average molecular weight is 431 g/mol. The van der Waals surface area contributed by atoms with E-state index in [9.17, 15) is 9.59 Å². The van der Waals surface area contributed by atoms with Gasteiger partial charge >= 0.3 is 5.97 Å². The van der Waals surface area contributed by atoms with Gasteiger partial charge in [0.2, 0.25) is 0 Å². The summed E-state index contributed by atoms with van der Waals surface area (Å²) < 4.78 is 11.6. The van der Waals surface area contributed by atoms with Gasteiger partial charge in [-0.3, -0.25) is 4.79 Å².